The molecular formula is C6H14N4. The Hall–Kier alpha value is -0.770. The van der Waals surface area contributed by atoms with Crippen LogP contribution in [0.2, 0.25) is 0 Å². The zero-order valence-corrected chi connectivity index (χ0v) is 6.44. The Balaban J connectivity index is 2.32. The van der Waals surface area contributed by atoms with E-state index in [9.17, 15) is 0 Å². The lowest BCUT2D eigenvalue weighted by Crippen LogP contribution is -2.37. The Kier molecular flexibility index (Phi) is 2.50. The summed E-state index contributed by atoms with van der Waals surface area (Å²) in [7, 11) is 0. The Morgan fingerprint density at radius 1 is 1.60 bits per heavy atom. The molecule has 1 atom stereocenters. The third-order valence-corrected chi connectivity index (χ3v) is 1.61. The van der Waals surface area contributed by atoms with Crippen LogP contribution in [0.3, 0.4) is 0 Å². The van der Waals surface area contributed by atoms with Gasteiger partial charge in [-0.05, 0) is 6.42 Å². The van der Waals surface area contributed by atoms with Gasteiger partial charge in [0.1, 0.15) is 5.84 Å². The molecule has 4 heteroatoms. The Morgan fingerprint density at radius 3 is 2.90 bits per heavy atom. The summed E-state index contributed by atoms with van der Waals surface area (Å²) in [5.41, 5.74) is 8.28. The molecule has 0 aliphatic carbocycles. The summed E-state index contributed by atoms with van der Waals surface area (Å²) in [6.45, 7) is 4.33. The molecule has 4 nitrogen and oxygen atoms in total. The molecule has 10 heavy (non-hydrogen) atoms. The number of hydrazine groups is 2. The van der Waals surface area contributed by atoms with Gasteiger partial charge in [-0.1, -0.05) is 20.3 Å². The molecule has 0 aromatic rings. The largest absolute Gasteiger partial charge is 0.288 e. The van der Waals surface area contributed by atoms with Crippen LogP contribution in [0, 0.1) is 5.92 Å². The average Bonchev–Trinajstić information content (AvgIpc) is 2.38. The van der Waals surface area contributed by atoms with Gasteiger partial charge in [-0.15, -0.1) is 10.6 Å². The maximum atomic E-state index is 4.00. The summed E-state index contributed by atoms with van der Waals surface area (Å²) >= 11 is 0. The molecule has 0 aromatic heterocycles. The number of hydrogen-bond donors (Lipinski definition) is 3. The highest BCUT2D eigenvalue weighted by molar-refractivity contribution is 5.84. The molecule has 3 N–H and O–H groups in total. The van der Waals surface area contributed by atoms with Crippen molar-refractivity contribution in [1.29, 1.82) is 0 Å². The highest BCUT2D eigenvalue weighted by Crippen LogP contribution is 2.05. The minimum atomic E-state index is 0.521. The van der Waals surface area contributed by atoms with E-state index in [1.807, 2.05) is 0 Å². The lowest BCUT2D eigenvalue weighted by molar-refractivity contribution is 0.568. The van der Waals surface area contributed by atoms with E-state index in [0.29, 0.717) is 5.92 Å². The summed E-state index contributed by atoms with van der Waals surface area (Å²) < 4.78 is 0. The van der Waals surface area contributed by atoms with Gasteiger partial charge in [0.2, 0.25) is 0 Å². The second kappa shape index (κ2) is 3.41. The summed E-state index contributed by atoms with van der Waals surface area (Å²) in [5, 5.41) is 4.00. The van der Waals surface area contributed by atoms with Crippen LogP contribution >= 0.6 is 0 Å². The molecule has 0 aromatic carbocycles. The fraction of sp³-hybridized carbons (Fsp3) is 0.833. The fourth-order valence-corrected chi connectivity index (χ4v) is 1.01. The lowest BCUT2D eigenvalue weighted by atomic mass is 10.1. The Bertz CT molecular complexity index is 132. The molecule has 0 fully saturated rings. The number of hydrogen-bond acceptors (Lipinski definition) is 4. The molecule has 1 unspecified atom stereocenters. The van der Waals surface area contributed by atoms with E-state index in [2.05, 4.69) is 35.4 Å². The first-order valence-corrected chi connectivity index (χ1v) is 3.68. The van der Waals surface area contributed by atoms with Crippen LogP contribution in [-0.2, 0) is 0 Å². The zero-order valence-electron chi connectivity index (χ0n) is 6.44. The molecule has 1 aliphatic heterocycles. The predicted octanol–water partition coefficient (Wildman–Crippen LogP) is 0.348. The molecule has 0 spiro atoms. The number of amidine groups is 1. The number of nitrogens with zero attached hydrogens (tertiary/aromatic N) is 1. The molecule has 0 saturated carbocycles. The van der Waals surface area contributed by atoms with Gasteiger partial charge >= 0.3 is 0 Å². The van der Waals surface area contributed by atoms with E-state index in [1.54, 1.807) is 0 Å². The number of rotatable bonds is 3. The summed E-state index contributed by atoms with van der Waals surface area (Å²) in [6.07, 6.45) is 2.37. The number of hydrazone groups is 1. The van der Waals surface area contributed by atoms with Gasteiger partial charge in [-0.2, -0.15) is 0 Å². The minimum Gasteiger partial charge on any atom is -0.288 e. The second-order valence-electron chi connectivity index (χ2n) is 2.55. The fourth-order valence-electron chi connectivity index (χ4n) is 1.01. The third kappa shape index (κ3) is 1.60. The lowest BCUT2D eigenvalue weighted by Gasteiger charge is -2.07. The molecule has 1 rings (SSSR count). The van der Waals surface area contributed by atoms with E-state index < -0.39 is 0 Å². The molecule has 58 valence electrons. The van der Waals surface area contributed by atoms with Crippen molar-refractivity contribution in [3.05, 3.63) is 0 Å². The molecule has 1 heterocycles. The molecule has 0 radical (unpaired) electrons. The molecular weight excluding hydrogens is 128 g/mol. The van der Waals surface area contributed by atoms with Crippen molar-refractivity contribution in [2.45, 2.75) is 26.7 Å². The van der Waals surface area contributed by atoms with Gasteiger partial charge in [0.15, 0.2) is 0 Å². The minimum absolute atomic E-state index is 0.521. The van der Waals surface area contributed by atoms with Crippen LogP contribution in [0.1, 0.15) is 26.7 Å². The number of nitrogens with one attached hydrogen (secondary N) is 3. The molecule has 1 aliphatic rings. The van der Waals surface area contributed by atoms with Crippen molar-refractivity contribution in [3.8, 4) is 0 Å². The maximum absolute atomic E-state index is 4.00. The summed E-state index contributed by atoms with van der Waals surface area (Å²) in [6, 6.07) is 0. The smallest absolute Gasteiger partial charge is 0.142 e. The van der Waals surface area contributed by atoms with Crippen molar-refractivity contribution in [1.82, 2.24) is 16.5 Å². The van der Waals surface area contributed by atoms with E-state index in [0.717, 1.165) is 5.84 Å². The van der Waals surface area contributed by atoms with Gasteiger partial charge in [0.25, 0.3) is 0 Å². The highest BCUT2D eigenvalue weighted by atomic mass is 15.8. The van der Waals surface area contributed by atoms with Crippen LogP contribution in [-0.4, -0.2) is 5.84 Å². The van der Waals surface area contributed by atoms with Crippen LogP contribution in [0.15, 0.2) is 5.10 Å². The molecule has 0 saturated heterocycles. The van der Waals surface area contributed by atoms with Crippen molar-refractivity contribution < 1.29 is 0 Å². The Morgan fingerprint density at radius 2 is 2.40 bits per heavy atom. The zero-order chi connectivity index (χ0) is 7.40. The van der Waals surface area contributed by atoms with Gasteiger partial charge in [0.05, 0.1) is 0 Å². The van der Waals surface area contributed by atoms with Crippen molar-refractivity contribution in [3.63, 3.8) is 0 Å². The first kappa shape index (κ1) is 7.34. The van der Waals surface area contributed by atoms with Crippen LogP contribution in [0.4, 0.5) is 0 Å². The summed E-state index contributed by atoms with van der Waals surface area (Å²) in [4.78, 5) is 0. The molecule has 0 amide bonds. The maximum Gasteiger partial charge on any atom is 0.142 e. The van der Waals surface area contributed by atoms with Gasteiger partial charge in [-0.25, -0.2) is 5.53 Å². The summed E-state index contributed by atoms with van der Waals surface area (Å²) in [5.74, 6) is 1.52. The quantitative estimate of drug-likeness (QED) is 0.533. The SMILES string of the molecule is CCCC(C)C1=NNNN1. The van der Waals surface area contributed by atoms with Gasteiger partial charge in [0, 0.05) is 5.92 Å². The first-order chi connectivity index (χ1) is 4.84. The third-order valence-electron chi connectivity index (χ3n) is 1.61. The first-order valence-electron chi connectivity index (χ1n) is 3.68. The van der Waals surface area contributed by atoms with E-state index >= 15 is 0 Å². The van der Waals surface area contributed by atoms with Gasteiger partial charge < -0.3 is 0 Å². The van der Waals surface area contributed by atoms with Crippen LogP contribution in [0.25, 0.3) is 0 Å². The van der Waals surface area contributed by atoms with E-state index in [4.69, 9.17) is 0 Å². The van der Waals surface area contributed by atoms with Crippen LogP contribution in [0.5, 0.6) is 0 Å². The predicted molar refractivity (Wildman–Crippen MR) is 40.9 cm³/mol. The topological polar surface area (TPSA) is 48.5 Å². The molecule has 0 bridgehead atoms. The van der Waals surface area contributed by atoms with E-state index in [-0.39, 0.29) is 0 Å². The average molecular weight is 142 g/mol. The second-order valence-corrected chi connectivity index (χ2v) is 2.55. The monoisotopic (exact) mass is 142 g/mol. The van der Waals surface area contributed by atoms with Crippen molar-refractivity contribution in [2.75, 3.05) is 0 Å². The van der Waals surface area contributed by atoms with Crippen LogP contribution < -0.4 is 16.5 Å². The van der Waals surface area contributed by atoms with Crippen molar-refractivity contribution >= 4 is 5.84 Å². The van der Waals surface area contributed by atoms with E-state index in [1.165, 1.54) is 12.8 Å². The van der Waals surface area contributed by atoms with Crippen molar-refractivity contribution in [2.24, 2.45) is 11.0 Å². The Labute approximate surface area is 61.0 Å². The normalized spacial score (nSPS) is 19.2. The standard InChI is InChI=1S/C6H14N4/c1-3-4-5(2)6-7-9-10-8-6/h5,9-10H,3-4H2,1-2H3,(H,7,8). The highest BCUT2D eigenvalue weighted by Gasteiger charge is 2.11. The van der Waals surface area contributed by atoms with Gasteiger partial charge in [-0.3, -0.25) is 5.43 Å².